The van der Waals surface area contributed by atoms with Gasteiger partial charge in [0, 0.05) is 18.3 Å². The van der Waals surface area contributed by atoms with E-state index in [1.54, 1.807) is 36.3 Å². The number of carbonyl (C=O) groups excluding carboxylic acids is 3. The van der Waals surface area contributed by atoms with Crippen LogP contribution in [0.1, 0.15) is 44.6 Å². The molecule has 2 aromatic rings. The number of nitrogens with one attached hydrogen (secondary N) is 2. The van der Waals surface area contributed by atoms with Crippen LogP contribution in [0.4, 0.5) is 5.69 Å². The monoisotopic (exact) mass is 559 g/mol. The van der Waals surface area contributed by atoms with E-state index in [9.17, 15) is 14.4 Å². The second-order valence-electron chi connectivity index (χ2n) is 11.3. The third-order valence-corrected chi connectivity index (χ3v) is 8.82. The number of hydrogen-bond donors (Lipinski definition) is 2. The summed E-state index contributed by atoms with van der Waals surface area (Å²) in [7, 11) is 1.60. The molecule has 0 radical (unpaired) electrons. The summed E-state index contributed by atoms with van der Waals surface area (Å²) in [4.78, 5) is 43.5. The summed E-state index contributed by atoms with van der Waals surface area (Å²) in [5, 5.41) is 6.19. The first-order valence-electron chi connectivity index (χ1n) is 14.6. The first kappa shape index (κ1) is 27.3. The number of hydrogen-bond acceptors (Lipinski definition) is 6. The number of benzene rings is 2. The second kappa shape index (κ2) is 11.2. The van der Waals surface area contributed by atoms with Crippen LogP contribution in [-0.4, -0.2) is 60.1 Å². The van der Waals surface area contributed by atoms with Crippen LogP contribution < -0.4 is 20.1 Å². The number of methoxy groups -OCH3 is 1. The zero-order valence-electron chi connectivity index (χ0n) is 23.5. The lowest BCUT2D eigenvalue weighted by molar-refractivity contribution is -0.142. The summed E-state index contributed by atoms with van der Waals surface area (Å²) >= 11 is 0. The van der Waals surface area contributed by atoms with Gasteiger partial charge in [0.15, 0.2) is 0 Å². The van der Waals surface area contributed by atoms with Gasteiger partial charge in [0.1, 0.15) is 23.1 Å². The minimum Gasteiger partial charge on any atom is -0.497 e. The molecule has 3 amide bonds. The highest BCUT2D eigenvalue weighted by atomic mass is 16.5. The minimum atomic E-state index is -1.20. The van der Waals surface area contributed by atoms with E-state index in [4.69, 9.17) is 14.2 Å². The largest absolute Gasteiger partial charge is 0.497 e. The molecule has 3 aliphatic heterocycles. The van der Waals surface area contributed by atoms with Gasteiger partial charge in [0.05, 0.1) is 31.7 Å². The maximum Gasteiger partial charge on any atom is 0.246 e. The van der Waals surface area contributed by atoms with Crippen LogP contribution in [-0.2, 0) is 25.7 Å². The molecule has 1 spiro atoms. The van der Waals surface area contributed by atoms with Crippen LogP contribution in [0.15, 0.2) is 60.7 Å². The molecular weight excluding hydrogens is 522 g/mol. The van der Waals surface area contributed by atoms with Gasteiger partial charge in [-0.1, -0.05) is 43.5 Å². The van der Waals surface area contributed by atoms with Crippen molar-refractivity contribution in [3.63, 3.8) is 0 Å². The Morgan fingerprint density at radius 3 is 2.39 bits per heavy atom. The lowest BCUT2D eigenvalue weighted by Crippen LogP contribution is -2.56. The second-order valence-corrected chi connectivity index (χ2v) is 11.3. The smallest absolute Gasteiger partial charge is 0.246 e. The highest BCUT2D eigenvalue weighted by Gasteiger charge is 2.72. The normalized spacial score (nSPS) is 28.4. The van der Waals surface area contributed by atoms with Crippen molar-refractivity contribution >= 4 is 23.4 Å². The Hall–Kier alpha value is -3.85. The van der Waals surface area contributed by atoms with E-state index in [-0.39, 0.29) is 30.3 Å². The van der Waals surface area contributed by atoms with Gasteiger partial charge in [-0.2, -0.15) is 0 Å². The molecule has 9 heteroatoms. The van der Waals surface area contributed by atoms with Crippen molar-refractivity contribution in [1.29, 1.82) is 0 Å². The standard InChI is InChI=1S/C32H37N3O6/c1-3-40-24-15-11-22(12-16-24)33-29(36)26-25-17-18-32(41-25)27(26)31(38)35(19-20-9-13-23(39-2)14-10-20)28(32)30(37)34-21-7-5-4-6-8-21/h9-18,21,25-28H,3-8,19H2,1-2H3,(H,33,36)(H,34,37)/t25-,26+,27-,28+,32-/m0/s1. The third-order valence-electron chi connectivity index (χ3n) is 8.82. The Morgan fingerprint density at radius 2 is 1.71 bits per heavy atom. The molecule has 2 N–H and O–H groups in total. The number of fused-ring (bicyclic) bond motifs is 1. The number of amides is 3. The van der Waals surface area contributed by atoms with E-state index in [0.29, 0.717) is 23.8 Å². The summed E-state index contributed by atoms with van der Waals surface area (Å²) < 4.78 is 17.3. The molecule has 1 saturated carbocycles. The lowest BCUT2D eigenvalue weighted by Gasteiger charge is -2.34. The number of ether oxygens (including phenoxy) is 3. The van der Waals surface area contributed by atoms with Crippen LogP contribution in [0.5, 0.6) is 11.5 Å². The van der Waals surface area contributed by atoms with Gasteiger partial charge in [-0.25, -0.2) is 0 Å². The van der Waals surface area contributed by atoms with Gasteiger partial charge in [-0.05, 0) is 61.7 Å². The predicted molar refractivity (Wildman–Crippen MR) is 152 cm³/mol. The summed E-state index contributed by atoms with van der Waals surface area (Å²) in [6.45, 7) is 2.68. The topological polar surface area (TPSA) is 106 Å². The van der Waals surface area contributed by atoms with Crippen molar-refractivity contribution in [1.82, 2.24) is 10.2 Å². The zero-order valence-corrected chi connectivity index (χ0v) is 23.5. The molecule has 216 valence electrons. The van der Waals surface area contributed by atoms with Gasteiger partial charge < -0.3 is 29.7 Å². The summed E-state index contributed by atoms with van der Waals surface area (Å²) in [5.41, 5.74) is 0.264. The first-order valence-corrected chi connectivity index (χ1v) is 14.6. The molecule has 6 rings (SSSR count). The van der Waals surface area contributed by atoms with Crippen LogP contribution in [0.3, 0.4) is 0 Å². The number of anilines is 1. The van der Waals surface area contributed by atoms with Gasteiger partial charge in [0.2, 0.25) is 17.7 Å². The quantitative estimate of drug-likeness (QED) is 0.453. The average Bonchev–Trinajstić information content (AvgIpc) is 3.62. The van der Waals surface area contributed by atoms with Gasteiger partial charge >= 0.3 is 0 Å². The number of likely N-dealkylation sites (tertiary alicyclic amines) is 1. The summed E-state index contributed by atoms with van der Waals surface area (Å²) in [6, 6.07) is 13.8. The average molecular weight is 560 g/mol. The number of rotatable bonds is 9. The molecule has 9 nitrogen and oxygen atoms in total. The Bertz CT molecular complexity index is 1320. The maximum atomic E-state index is 14.2. The fourth-order valence-electron chi connectivity index (χ4n) is 6.92. The highest BCUT2D eigenvalue weighted by molar-refractivity contribution is 6.02. The fourth-order valence-corrected chi connectivity index (χ4v) is 6.92. The highest BCUT2D eigenvalue weighted by Crippen LogP contribution is 2.55. The van der Waals surface area contributed by atoms with Gasteiger partial charge in [-0.15, -0.1) is 0 Å². The molecule has 0 aromatic heterocycles. The van der Waals surface area contributed by atoms with E-state index in [2.05, 4.69) is 10.6 Å². The van der Waals surface area contributed by atoms with E-state index in [1.807, 2.05) is 43.3 Å². The molecule has 2 bridgehead atoms. The summed E-state index contributed by atoms with van der Waals surface area (Å²) in [5.74, 6) is -0.920. The molecule has 1 aliphatic carbocycles. The molecule has 2 saturated heterocycles. The van der Waals surface area contributed by atoms with E-state index in [0.717, 1.165) is 31.2 Å². The van der Waals surface area contributed by atoms with Crippen molar-refractivity contribution in [2.24, 2.45) is 11.8 Å². The Labute approximate surface area is 240 Å². The zero-order chi connectivity index (χ0) is 28.6. The minimum absolute atomic E-state index is 0.0750. The molecule has 3 fully saturated rings. The molecule has 41 heavy (non-hydrogen) atoms. The van der Waals surface area contributed by atoms with Crippen molar-refractivity contribution in [2.75, 3.05) is 19.0 Å². The van der Waals surface area contributed by atoms with Gasteiger partial charge in [-0.3, -0.25) is 14.4 Å². The van der Waals surface area contributed by atoms with E-state index < -0.39 is 29.6 Å². The third kappa shape index (κ3) is 4.96. The number of carbonyl (C=O) groups is 3. The Morgan fingerprint density at radius 1 is 1.00 bits per heavy atom. The van der Waals surface area contributed by atoms with Crippen molar-refractivity contribution in [3.05, 3.63) is 66.2 Å². The van der Waals surface area contributed by atoms with Crippen molar-refractivity contribution < 1.29 is 28.6 Å². The van der Waals surface area contributed by atoms with E-state index in [1.165, 1.54) is 6.42 Å². The molecule has 5 atom stereocenters. The first-order chi connectivity index (χ1) is 19.9. The fraction of sp³-hybridized carbons (Fsp3) is 0.469. The maximum absolute atomic E-state index is 14.2. The van der Waals surface area contributed by atoms with Crippen LogP contribution in [0, 0.1) is 11.8 Å². The molecule has 0 unspecified atom stereocenters. The van der Waals surface area contributed by atoms with Crippen LogP contribution >= 0.6 is 0 Å². The molecule has 2 aromatic carbocycles. The van der Waals surface area contributed by atoms with Crippen LogP contribution in [0.2, 0.25) is 0 Å². The number of nitrogens with zero attached hydrogens (tertiary/aromatic N) is 1. The van der Waals surface area contributed by atoms with Gasteiger partial charge in [0.25, 0.3) is 0 Å². The SMILES string of the molecule is CCOc1ccc(NC(=O)[C@@H]2[C@@H]3C=C[C@]4(O3)[C@@H]2C(=O)N(Cc2ccc(OC)cc2)[C@@H]4C(=O)NC2CCCCC2)cc1. The molecular formula is C32H37N3O6. The van der Waals surface area contributed by atoms with Crippen molar-refractivity contribution in [2.45, 2.75) is 69.4 Å². The Balaban J connectivity index is 1.29. The molecule has 3 heterocycles. The molecule has 4 aliphatic rings. The Kier molecular flexibility index (Phi) is 7.46. The van der Waals surface area contributed by atoms with Crippen molar-refractivity contribution in [3.8, 4) is 11.5 Å². The van der Waals surface area contributed by atoms with E-state index >= 15 is 0 Å². The summed E-state index contributed by atoms with van der Waals surface area (Å²) in [6.07, 6.45) is 8.27. The lowest BCUT2D eigenvalue weighted by atomic mass is 9.74. The van der Waals surface area contributed by atoms with Crippen LogP contribution in [0.25, 0.3) is 0 Å². The predicted octanol–water partition coefficient (Wildman–Crippen LogP) is 3.83.